The molecule has 4 heteroatoms. The van der Waals surface area contributed by atoms with Crippen LogP contribution < -0.4 is 4.74 Å². The van der Waals surface area contributed by atoms with E-state index in [0.717, 1.165) is 22.7 Å². The van der Waals surface area contributed by atoms with Gasteiger partial charge in [-0.3, -0.25) is 4.79 Å². The first-order valence-electron chi connectivity index (χ1n) is 8.78. The summed E-state index contributed by atoms with van der Waals surface area (Å²) >= 11 is 0. The summed E-state index contributed by atoms with van der Waals surface area (Å²) in [5, 5.41) is 9.00. The van der Waals surface area contributed by atoms with E-state index in [1.165, 1.54) is 5.56 Å². The van der Waals surface area contributed by atoms with Gasteiger partial charge in [0.1, 0.15) is 12.4 Å². The van der Waals surface area contributed by atoms with Crippen molar-refractivity contribution in [3.8, 4) is 17.0 Å². The van der Waals surface area contributed by atoms with Crippen molar-refractivity contribution in [1.29, 1.82) is 0 Å². The lowest BCUT2D eigenvalue weighted by Gasteiger charge is -2.14. The molecule has 3 aromatic rings. The Morgan fingerprint density at radius 2 is 1.73 bits per heavy atom. The van der Waals surface area contributed by atoms with Crippen molar-refractivity contribution < 1.29 is 14.6 Å². The SMILES string of the molecule is Cc1ccc(OCCn2c(CCC(=O)O)ccc2-c2ccccc2)cc1. The summed E-state index contributed by atoms with van der Waals surface area (Å²) in [5.74, 6) is 0.0611. The number of benzene rings is 2. The number of carbonyl (C=O) groups is 1. The molecular formula is C22H23NO3. The predicted molar refractivity (Wildman–Crippen MR) is 102 cm³/mol. The Kier molecular flexibility index (Phi) is 5.74. The molecule has 0 saturated carbocycles. The van der Waals surface area contributed by atoms with Crippen LogP contribution in [0.1, 0.15) is 17.7 Å². The van der Waals surface area contributed by atoms with Crippen LogP contribution in [0.3, 0.4) is 0 Å². The van der Waals surface area contributed by atoms with Crippen molar-refractivity contribution in [2.24, 2.45) is 0 Å². The van der Waals surface area contributed by atoms with Gasteiger partial charge in [0.15, 0.2) is 0 Å². The smallest absolute Gasteiger partial charge is 0.303 e. The average Bonchev–Trinajstić information content (AvgIpc) is 3.05. The molecule has 4 nitrogen and oxygen atoms in total. The first-order valence-corrected chi connectivity index (χ1v) is 8.78. The molecule has 1 heterocycles. The minimum Gasteiger partial charge on any atom is -0.492 e. The number of carboxylic acid groups (broad SMARTS) is 1. The van der Waals surface area contributed by atoms with E-state index < -0.39 is 5.97 Å². The number of rotatable bonds is 8. The van der Waals surface area contributed by atoms with Gasteiger partial charge in [-0.15, -0.1) is 0 Å². The van der Waals surface area contributed by atoms with Crippen molar-refractivity contribution in [2.75, 3.05) is 6.61 Å². The van der Waals surface area contributed by atoms with E-state index in [2.05, 4.69) is 22.8 Å². The Morgan fingerprint density at radius 3 is 2.42 bits per heavy atom. The lowest BCUT2D eigenvalue weighted by Crippen LogP contribution is -2.13. The van der Waals surface area contributed by atoms with Crippen LogP contribution in [0, 0.1) is 6.92 Å². The standard InChI is InChI=1S/C22H23NO3/c1-17-7-11-20(12-8-17)26-16-15-23-19(10-14-22(24)25)9-13-21(23)18-5-3-2-4-6-18/h2-9,11-13H,10,14-16H2,1H3,(H,24,25). The van der Waals surface area contributed by atoms with Gasteiger partial charge in [-0.25, -0.2) is 0 Å². The van der Waals surface area contributed by atoms with Crippen LogP contribution >= 0.6 is 0 Å². The van der Waals surface area contributed by atoms with E-state index in [-0.39, 0.29) is 6.42 Å². The van der Waals surface area contributed by atoms with Crippen LogP contribution in [0.5, 0.6) is 5.75 Å². The Balaban J connectivity index is 1.76. The van der Waals surface area contributed by atoms with Crippen LogP contribution in [-0.4, -0.2) is 22.2 Å². The molecular weight excluding hydrogens is 326 g/mol. The van der Waals surface area contributed by atoms with Crippen LogP contribution in [0.15, 0.2) is 66.7 Å². The minimum atomic E-state index is -0.782. The highest BCUT2D eigenvalue weighted by molar-refractivity contribution is 5.67. The topological polar surface area (TPSA) is 51.5 Å². The number of hydrogen-bond donors (Lipinski definition) is 1. The highest BCUT2D eigenvalue weighted by atomic mass is 16.5. The van der Waals surface area contributed by atoms with Gasteiger partial charge < -0.3 is 14.4 Å². The number of aliphatic carboxylic acids is 1. The molecule has 0 unspecified atom stereocenters. The number of aryl methyl sites for hydroxylation is 2. The summed E-state index contributed by atoms with van der Waals surface area (Å²) in [6.45, 7) is 3.24. The lowest BCUT2D eigenvalue weighted by molar-refractivity contribution is -0.136. The van der Waals surface area contributed by atoms with Crippen molar-refractivity contribution in [3.05, 3.63) is 78.0 Å². The van der Waals surface area contributed by atoms with Crippen LogP contribution in [0.4, 0.5) is 0 Å². The lowest BCUT2D eigenvalue weighted by atomic mass is 10.1. The fourth-order valence-electron chi connectivity index (χ4n) is 2.98. The van der Waals surface area contributed by atoms with Gasteiger partial charge in [0.2, 0.25) is 0 Å². The van der Waals surface area contributed by atoms with Crippen molar-refractivity contribution >= 4 is 5.97 Å². The number of hydrogen-bond acceptors (Lipinski definition) is 2. The minimum absolute atomic E-state index is 0.122. The zero-order chi connectivity index (χ0) is 18.4. The molecule has 0 amide bonds. The van der Waals surface area contributed by atoms with E-state index in [1.54, 1.807) is 0 Å². The van der Waals surface area contributed by atoms with E-state index in [0.29, 0.717) is 19.6 Å². The van der Waals surface area contributed by atoms with E-state index >= 15 is 0 Å². The molecule has 134 valence electrons. The van der Waals surface area contributed by atoms with Crippen LogP contribution in [0.2, 0.25) is 0 Å². The average molecular weight is 349 g/mol. The maximum atomic E-state index is 11.0. The molecule has 3 rings (SSSR count). The molecule has 26 heavy (non-hydrogen) atoms. The molecule has 0 atom stereocenters. The highest BCUT2D eigenvalue weighted by Crippen LogP contribution is 2.23. The predicted octanol–water partition coefficient (Wildman–Crippen LogP) is 4.56. The largest absolute Gasteiger partial charge is 0.492 e. The van der Waals surface area contributed by atoms with Gasteiger partial charge in [-0.05, 0) is 43.2 Å². The number of ether oxygens (including phenoxy) is 1. The second-order valence-corrected chi connectivity index (χ2v) is 6.28. The van der Waals surface area contributed by atoms with Gasteiger partial charge in [-0.1, -0.05) is 48.0 Å². The third-order valence-electron chi connectivity index (χ3n) is 4.34. The second-order valence-electron chi connectivity index (χ2n) is 6.28. The van der Waals surface area contributed by atoms with Gasteiger partial charge >= 0.3 is 5.97 Å². The molecule has 1 N–H and O–H groups in total. The van der Waals surface area contributed by atoms with E-state index in [1.807, 2.05) is 55.5 Å². The van der Waals surface area contributed by atoms with Crippen molar-refractivity contribution in [3.63, 3.8) is 0 Å². The molecule has 0 aliphatic rings. The molecule has 0 saturated heterocycles. The Morgan fingerprint density at radius 1 is 1.00 bits per heavy atom. The molecule has 0 spiro atoms. The van der Waals surface area contributed by atoms with Gasteiger partial charge in [-0.2, -0.15) is 0 Å². The van der Waals surface area contributed by atoms with E-state index in [9.17, 15) is 4.79 Å². The monoisotopic (exact) mass is 349 g/mol. The molecule has 0 bridgehead atoms. The molecule has 0 fully saturated rings. The number of nitrogens with zero attached hydrogens (tertiary/aromatic N) is 1. The fraction of sp³-hybridized carbons (Fsp3) is 0.227. The summed E-state index contributed by atoms with van der Waals surface area (Å²) in [6, 6.07) is 22.2. The van der Waals surface area contributed by atoms with Crippen molar-refractivity contribution in [1.82, 2.24) is 4.57 Å². The van der Waals surface area contributed by atoms with Crippen molar-refractivity contribution in [2.45, 2.75) is 26.3 Å². The summed E-state index contributed by atoms with van der Waals surface area (Å²) in [6.07, 6.45) is 0.629. The van der Waals surface area contributed by atoms with Crippen LogP contribution in [-0.2, 0) is 17.8 Å². The fourth-order valence-corrected chi connectivity index (χ4v) is 2.98. The maximum Gasteiger partial charge on any atom is 0.303 e. The molecule has 0 aliphatic heterocycles. The Hall–Kier alpha value is -3.01. The zero-order valence-corrected chi connectivity index (χ0v) is 14.9. The first-order chi connectivity index (χ1) is 12.6. The van der Waals surface area contributed by atoms with Crippen LogP contribution in [0.25, 0.3) is 11.3 Å². The Labute approximate surface area is 153 Å². The first kappa shape index (κ1) is 17.8. The third-order valence-corrected chi connectivity index (χ3v) is 4.34. The quantitative estimate of drug-likeness (QED) is 0.648. The summed E-state index contributed by atoms with van der Waals surface area (Å²) in [5.41, 5.74) is 4.41. The summed E-state index contributed by atoms with van der Waals surface area (Å²) in [7, 11) is 0. The molecule has 0 radical (unpaired) electrons. The second kappa shape index (κ2) is 8.39. The summed E-state index contributed by atoms with van der Waals surface area (Å²) in [4.78, 5) is 11.0. The molecule has 1 aromatic heterocycles. The maximum absolute atomic E-state index is 11.0. The molecule has 0 aliphatic carbocycles. The van der Waals surface area contributed by atoms with Gasteiger partial charge in [0.05, 0.1) is 13.0 Å². The third kappa shape index (κ3) is 4.54. The Bertz CT molecular complexity index is 851. The number of aromatic nitrogens is 1. The number of carboxylic acids is 1. The zero-order valence-electron chi connectivity index (χ0n) is 14.9. The highest BCUT2D eigenvalue weighted by Gasteiger charge is 2.11. The van der Waals surface area contributed by atoms with Gasteiger partial charge in [0.25, 0.3) is 0 Å². The summed E-state index contributed by atoms with van der Waals surface area (Å²) < 4.78 is 8.03. The van der Waals surface area contributed by atoms with E-state index in [4.69, 9.17) is 9.84 Å². The normalized spacial score (nSPS) is 10.7. The van der Waals surface area contributed by atoms with Gasteiger partial charge in [0, 0.05) is 11.4 Å². The molecule has 2 aromatic carbocycles.